The van der Waals surface area contributed by atoms with E-state index in [0.717, 1.165) is 4.90 Å². The van der Waals surface area contributed by atoms with Crippen molar-refractivity contribution in [3.05, 3.63) is 30.3 Å². The molecule has 1 aliphatic heterocycles. The van der Waals surface area contributed by atoms with E-state index in [2.05, 4.69) is 0 Å². The summed E-state index contributed by atoms with van der Waals surface area (Å²) in [7, 11) is 1.63. The second-order valence-corrected chi connectivity index (χ2v) is 7.82. The molecule has 1 heterocycles. The lowest BCUT2D eigenvalue weighted by Gasteiger charge is -2.32. The number of rotatable bonds is 7. The molecule has 7 heteroatoms. The maximum Gasteiger partial charge on any atom is 0.308 e. The van der Waals surface area contributed by atoms with Crippen LogP contribution in [-0.2, 0) is 14.4 Å². The van der Waals surface area contributed by atoms with Crippen molar-refractivity contribution < 1.29 is 19.5 Å². The van der Waals surface area contributed by atoms with Gasteiger partial charge in [0.2, 0.25) is 11.8 Å². The Morgan fingerprint density at radius 3 is 2.62 bits per heavy atom. The molecule has 1 fully saturated rings. The summed E-state index contributed by atoms with van der Waals surface area (Å²) in [5.74, 6) is -1.64. The molecule has 0 aliphatic carbocycles. The van der Waals surface area contributed by atoms with Gasteiger partial charge in [-0.25, -0.2) is 0 Å². The first-order chi connectivity index (χ1) is 12.4. The van der Waals surface area contributed by atoms with Crippen molar-refractivity contribution in [3.8, 4) is 0 Å². The van der Waals surface area contributed by atoms with Gasteiger partial charge in [-0.3, -0.25) is 14.4 Å². The summed E-state index contributed by atoms with van der Waals surface area (Å²) < 4.78 is 0. The highest BCUT2D eigenvalue weighted by Gasteiger charge is 2.30. The minimum absolute atomic E-state index is 0.0168. The van der Waals surface area contributed by atoms with Crippen molar-refractivity contribution in [2.24, 2.45) is 5.92 Å². The molecule has 0 spiro atoms. The average Bonchev–Trinajstić information content (AvgIpc) is 2.66. The van der Waals surface area contributed by atoms with E-state index >= 15 is 0 Å². The van der Waals surface area contributed by atoms with Crippen LogP contribution >= 0.6 is 11.8 Å². The van der Waals surface area contributed by atoms with Gasteiger partial charge in [0.1, 0.15) is 0 Å². The molecule has 0 radical (unpaired) electrons. The number of amides is 2. The smallest absolute Gasteiger partial charge is 0.308 e. The van der Waals surface area contributed by atoms with Crippen LogP contribution < -0.4 is 0 Å². The number of hydrogen-bond donors (Lipinski definition) is 1. The summed E-state index contributed by atoms with van der Waals surface area (Å²) in [5, 5.41) is 8.90. The molecule has 0 bridgehead atoms. The van der Waals surface area contributed by atoms with E-state index in [0.29, 0.717) is 25.8 Å². The van der Waals surface area contributed by atoms with E-state index in [1.165, 1.54) is 16.7 Å². The largest absolute Gasteiger partial charge is 0.481 e. The second kappa shape index (κ2) is 9.62. The van der Waals surface area contributed by atoms with Gasteiger partial charge in [-0.1, -0.05) is 25.1 Å². The number of nitrogens with zero attached hydrogens (tertiary/aromatic N) is 2. The predicted molar refractivity (Wildman–Crippen MR) is 101 cm³/mol. The third kappa shape index (κ3) is 5.49. The Balaban J connectivity index is 1.92. The van der Waals surface area contributed by atoms with Crippen LogP contribution in [0.5, 0.6) is 0 Å². The Bertz CT molecular complexity index is 638. The third-order valence-corrected chi connectivity index (χ3v) is 5.90. The Morgan fingerprint density at radius 1 is 1.31 bits per heavy atom. The van der Waals surface area contributed by atoms with Gasteiger partial charge in [-0.15, -0.1) is 11.8 Å². The number of thioether (sulfide) groups is 1. The standard InChI is InChI=1S/C19H26N2O4S/c1-3-16(26-15-9-5-4-6-10-15)18(23)20(2)13-17(22)21-11-7-8-14(12-21)19(24)25/h4-6,9-10,14,16H,3,7-8,11-13H2,1-2H3,(H,24,25). The van der Waals surface area contributed by atoms with Gasteiger partial charge in [0.05, 0.1) is 17.7 Å². The van der Waals surface area contributed by atoms with Crippen LogP contribution in [0.4, 0.5) is 0 Å². The van der Waals surface area contributed by atoms with Crippen molar-refractivity contribution >= 4 is 29.5 Å². The molecule has 1 saturated heterocycles. The van der Waals surface area contributed by atoms with Gasteiger partial charge < -0.3 is 14.9 Å². The van der Waals surface area contributed by atoms with E-state index in [1.807, 2.05) is 37.3 Å². The van der Waals surface area contributed by atoms with E-state index in [1.54, 1.807) is 11.9 Å². The molecule has 26 heavy (non-hydrogen) atoms. The molecule has 0 saturated carbocycles. The summed E-state index contributed by atoms with van der Waals surface area (Å²) in [6.07, 6.45) is 1.95. The van der Waals surface area contributed by atoms with Crippen LogP contribution in [0.1, 0.15) is 26.2 Å². The predicted octanol–water partition coefficient (Wildman–Crippen LogP) is 2.34. The molecule has 0 aromatic heterocycles. The lowest BCUT2D eigenvalue weighted by atomic mass is 9.98. The average molecular weight is 378 g/mol. The fraction of sp³-hybridized carbons (Fsp3) is 0.526. The van der Waals surface area contributed by atoms with Crippen LogP contribution in [0.3, 0.4) is 0 Å². The Morgan fingerprint density at radius 2 is 2.00 bits per heavy atom. The zero-order valence-corrected chi connectivity index (χ0v) is 16.1. The number of likely N-dealkylation sites (N-methyl/N-ethyl adjacent to an activating group) is 1. The van der Waals surface area contributed by atoms with Gasteiger partial charge in [0.15, 0.2) is 0 Å². The zero-order valence-electron chi connectivity index (χ0n) is 15.3. The number of carbonyl (C=O) groups excluding carboxylic acids is 2. The SMILES string of the molecule is CCC(Sc1ccccc1)C(=O)N(C)CC(=O)N1CCCC(C(=O)O)C1. The number of carboxylic acid groups (broad SMARTS) is 1. The van der Waals surface area contributed by atoms with Crippen LogP contribution in [-0.4, -0.2) is 64.6 Å². The first kappa shape index (κ1) is 20.3. The molecule has 6 nitrogen and oxygen atoms in total. The number of carboxylic acids is 1. The molecule has 142 valence electrons. The number of aliphatic carboxylic acids is 1. The maximum atomic E-state index is 12.7. The Hall–Kier alpha value is -2.02. The lowest BCUT2D eigenvalue weighted by molar-refractivity contribution is -0.147. The quantitative estimate of drug-likeness (QED) is 0.737. The molecule has 1 aliphatic rings. The Labute approximate surface area is 158 Å². The monoisotopic (exact) mass is 378 g/mol. The first-order valence-electron chi connectivity index (χ1n) is 8.89. The van der Waals surface area contributed by atoms with Crippen LogP contribution in [0.15, 0.2) is 35.2 Å². The molecule has 2 rings (SSSR count). The summed E-state index contributed by atoms with van der Waals surface area (Å²) >= 11 is 1.50. The van der Waals surface area contributed by atoms with Crippen LogP contribution in [0.25, 0.3) is 0 Å². The summed E-state index contributed by atoms with van der Waals surface area (Å²) in [5.41, 5.74) is 0. The van der Waals surface area contributed by atoms with E-state index in [9.17, 15) is 14.4 Å². The summed E-state index contributed by atoms with van der Waals surface area (Å²) in [6.45, 7) is 2.72. The van der Waals surface area contributed by atoms with Crippen LogP contribution in [0, 0.1) is 5.92 Å². The first-order valence-corrected chi connectivity index (χ1v) is 9.77. The van der Waals surface area contributed by atoms with E-state index < -0.39 is 11.9 Å². The molecule has 1 aromatic rings. The summed E-state index contributed by atoms with van der Waals surface area (Å²) in [4.78, 5) is 40.4. The summed E-state index contributed by atoms with van der Waals surface area (Å²) in [6, 6.07) is 9.72. The van der Waals surface area contributed by atoms with Crippen molar-refractivity contribution in [1.29, 1.82) is 0 Å². The highest BCUT2D eigenvalue weighted by Crippen LogP contribution is 2.26. The maximum absolute atomic E-state index is 12.7. The fourth-order valence-electron chi connectivity index (χ4n) is 3.00. The van der Waals surface area contributed by atoms with Gasteiger partial charge in [-0.05, 0) is 31.4 Å². The minimum atomic E-state index is -0.864. The normalized spacial score (nSPS) is 18.2. The number of likely N-dealkylation sites (tertiary alicyclic amines) is 1. The number of benzene rings is 1. The molecular formula is C19H26N2O4S. The van der Waals surface area contributed by atoms with Crippen molar-refractivity contribution in [1.82, 2.24) is 9.80 Å². The third-order valence-electron chi connectivity index (χ3n) is 4.54. The van der Waals surface area contributed by atoms with Crippen molar-refractivity contribution in [2.45, 2.75) is 36.3 Å². The highest BCUT2D eigenvalue weighted by molar-refractivity contribution is 8.00. The Kier molecular flexibility index (Phi) is 7.50. The topological polar surface area (TPSA) is 77.9 Å². The van der Waals surface area contributed by atoms with E-state index in [-0.39, 0.29) is 30.2 Å². The second-order valence-electron chi connectivity index (χ2n) is 6.54. The van der Waals surface area contributed by atoms with Gasteiger partial charge in [0.25, 0.3) is 0 Å². The number of piperidine rings is 1. The zero-order chi connectivity index (χ0) is 19.1. The molecule has 1 N–H and O–H groups in total. The molecule has 2 amide bonds. The lowest BCUT2D eigenvalue weighted by Crippen LogP contribution is -2.48. The molecular weight excluding hydrogens is 352 g/mol. The highest BCUT2D eigenvalue weighted by atomic mass is 32.2. The van der Waals surface area contributed by atoms with Gasteiger partial charge >= 0.3 is 5.97 Å². The number of carbonyl (C=O) groups is 3. The molecule has 2 unspecified atom stereocenters. The van der Waals surface area contributed by atoms with Crippen LogP contribution in [0.2, 0.25) is 0 Å². The van der Waals surface area contributed by atoms with Gasteiger partial charge in [0, 0.05) is 25.0 Å². The number of hydrogen-bond acceptors (Lipinski definition) is 4. The van der Waals surface area contributed by atoms with E-state index in [4.69, 9.17) is 5.11 Å². The van der Waals surface area contributed by atoms with Crippen molar-refractivity contribution in [3.63, 3.8) is 0 Å². The molecule has 1 aromatic carbocycles. The minimum Gasteiger partial charge on any atom is -0.481 e. The molecule has 2 atom stereocenters. The van der Waals surface area contributed by atoms with Gasteiger partial charge in [-0.2, -0.15) is 0 Å². The fourth-order valence-corrected chi connectivity index (χ4v) is 4.09. The van der Waals surface area contributed by atoms with Crippen molar-refractivity contribution in [2.75, 3.05) is 26.7 Å².